The van der Waals surface area contributed by atoms with Crippen molar-refractivity contribution in [2.45, 2.75) is 11.4 Å². The highest BCUT2D eigenvalue weighted by atomic mass is 32.3. The van der Waals surface area contributed by atoms with Crippen LogP contribution in [0.5, 0.6) is 0 Å². The van der Waals surface area contributed by atoms with E-state index in [4.69, 9.17) is 10.2 Å². The maximum Gasteiger partial charge on any atom is 0.332 e. The van der Waals surface area contributed by atoms with Gasteiger partial charge in [-0.25, -0.2) is 9.67 Å². The molecule has 0 unspecified atom stereocenters. The molecule has 0 atom stereocenters. The van der Waals surface area contributed by atoms with E-state index < -0.39 is 15.1 Å². The highest BCUT2D eigenvalue weighted by molar-refractivity contribution is 7.86. The number of nitrogens with zero attached hydrogens (tertiary/aromatic N) is 6. The van der Waals surface area contributed by atoms with Crippen molar-refractivity contribution in [1.29, 1.82) is 0 Å². The monoisotopic (exact) mass is 413 g/mol. The van der Waals surface area contributed by atoms with Crippen LogP contribution in [0, 0.1) is 0 Å². The molecule has 0 fully saturated rings. The summed E-state index contributed by atoms with van der Waals surface area (Å²) >= 11 is 0. The largest absolute Gasteiger partial charge is 0.461 e. The number of furan rings is 1. The normalized spacial score (nSPS) is 12.2. The lowest BCUT2D eigenvalue weighted by Gasteiger charge is -2.05. The third-order valence-electron chi connectivity index (χ3n) is 4.38. The molecule has 0 radical (unpaired) electrons. The van der Waals surface area contributed by atoms with E-state index in [9.17, 15) is 12.3 Å². The van der Waals surface area contributed by atoms with Gasteiger partial charge in [-0.15, -0.1) is 8.98 Å². The lowest BCUT2D eigenvalue weighted by Crippen LogP contribution is -2.07. The van der Waals surface area contributed by atoms with E-state index in [-0.39, 0.29) is 12.5 Å². The number of hydrogen-bond donors (Lipinski definition) is 1. The molecule has 5 aromatic rings. The summed E-state index contributed by atoms with van der Waals surface area (Å²) < 4.78 is 43.3. The standard InChI is InChI=1S/C17H12FN7O3S/c18-29(26,27)11-5-3-10(4-6-11)9-24-15-12(8-20-24)16-21-14(13-2-1-7-28-13)23-25(16)17(19)22-15/h1-8H,9H2,(H2,19,22). The van der Waals surface area contributed by atoms with Gasteiger partial charge >= 0.3 is 10.2 Å². The average molecular weight is 413 g/mol. The van der Waals surface area contributed by atoms with Crippen molar-refractivity contribution in [3.8, 4) is 11.6 Å². The Hall–Kier alpha value is -3.80. The van der Waals surface area contributed by atoms with E-state index in [1.807, 2.05) is 0 Å². The van der Waals surface area contributed by atoms with Crippen LogP contribution in [0.4, 0.5) is 9.83 Å². The van der Waals surface area contributed by atoms with E-state index in [2.05, 4.69) is 20.2 Å². The maximum absolute atomic E-state index is 13.0. The van der Waals surface area contributed by atoms with Crippen molar-refractivity contribution in [1.82, 2.24) is 29.4 Å². The minimum absolute atomic E-state index is 0.124. The van der Waals surface area contributed by atoms with Crippen LogP contribution in [0.2, 0.25) is 0 Å². The molecule has 5 rings (SSSR count). The molecular weight excluding hydrogens is 401 g/mol. The van der Waals surface area contributed by atoms with Gasteiger partial charge < -0.3 is 10.2 Å². The van der Waals surface area contributed by atoms with Crippen LogP contribution >= 0.6 is 0 Å². The molecule has 0 saturated heterocycles. The van der Waals surface area contributed by atoms with Gasteiger partial charge in [0.1, 0.15) is 0 Å². The first-order chi connectivity index (χ1) is 13.9. The number of hydrogen-bond acceptors (Lipinski definition) is 8. The number of nitrogen functional groups attached to an aromatic ring is 1. The van der Waals surface area contributed by atoms with Crippen molar-refractivity contribution in [2.24, 2.45) is 0 Å². The van der Waals surface area contributed by atoms with Gasteiger partial charge in [-0.3, -0.25) is 0 Å². The Bertz CT molecular complexity index is 1450. The fourth-order valence-electron chi connectivity index (χ4n) is 3.01. The van der Waals surface area contributed by atoms with Crippen molar-refractivity contribution in [3.05, 3.63) is 54.4 Å². The summed E-state index contributed by atoms with van der Waals surface area (Å²) in [5.41, 5.74) is 7.71. The average Bonchev–Trinajstić information content (AvgIpc) is 3.41. The number of anilines is 1. The second-order valence-corrected chi connectivity index (χ2v) is 7.59. The zero-order valence-electron chi connectivity index (χ0n) is 14.6. The summed E-state index contributed by atoms with van der Waals surface area (Å²) in [6.07, 6.45) is 3.12. The molecule has 12 heteroatoms. The Labute approximate surface area is 162 Å². The molecule has 0 aliphatic rings. The van der Waals surface area contributed by atoms with E-state index in [0.29, 0.717) is 33.8 Å². The van der Waals surface area contributed by atoms with Gasteiger partial charge in [-0.05, 0) is 29.8 Å². The Balaban J connectivity index is 1.57. The van der Waals surface area contributed by atoms with Gasteiger partial charge in [0.15, 0.2) is 17.1 Å². The molecule has 10 nitrogen and oxygen atoms in total. The number of fused-ring (bicyclic) bond motifs is 3. The van der Waals surface area contributed by atoms with Gasteiger partial charge in [0.05, 0.1) is 29.3 Å². The smallest absolute Gasteiger partial charge is 0.332 e. The quantitative estimate of drug-likeness (QED) is 0.442. The first-order valence-corrected chi connectivity index (χ1v) is 9.74. The number of benzene rings is 1. The topological polar surface area (TPSA) is 134 Å². The van der Waals surface area contributed by atoms with Crippen LogP contribution < -0.4 is 5.73 Å². The van der Waals surface area contributed by atoms with Crippen LogP contribution in [-0.4, -0.2) is 37.8 Å². The lowest BCUT2D eigenvalue weighted by atomic mass is 10.2. The second-order valence-electron chi connectivity index (χ2n) is 6.24. The number of aromatic nitrogens is 6. The first-order valence-electron chi connectivity index (χ1n) is 8.35. The molecule has 0 amide bonds. The molecule has 146 valence electrons. The zero-order chi connectivity index (χ0) is 20.2. The third-order valence-corrected chi connectivity index (χ3v) is 5.21. The van der Waals surface area contributed by atoms with E-state index in [1.165, 1.54) is 35.0 Å². The highest BCUT2D eigenvalue weighted by Gasteiger charge is 2.18. The van der Waals surface area contributed by atoms with Gasteiger partial charge in [0.2, 0.25) is 11.8 Å². The summed E-state index contributed by atoms with van der Waals surface area (Å²) in [5.74, 6) is 0.988. The van der Waals surface area contributed by atoms with Crippen LogP contribution in [0.15, 0.2) is 58.2 Å². The molecule has 29 heavy (non-hydrogen) atoms. The van der Waals surface area contributed by atoms with Gasteiger partial charge in [0.25, 0.3) is 0 Å². The number of halogens is 1. The predicted octanol–water partition coefficient (Wildman–Crippen LogP) is 2.02. The van der Waals surface area contributed by atoms with Crippen LogP contribution in [0.25, 0.3) is 28.3 Å². The fraction of sp³-hybridized carbons (Fsp3) is 0.0588. The molecule has 0 aliphatic heterocycles. The molecule has 0 aliphatic carbocycles. The predicted molar refractivity (Wildman–Crippen MR) is 100 cm³/mol. The van der Waals surface area contributed by atoms with Crippen LogP contribution in [-0.2, 0) is 16.8 Å². The minimum atomic E-state index is -4.74. The summed E-state index contributed by atoms with van der Waals surface area (Å²) in [7, 11) is -4.74. The van der Waals surface area contributed by atoms with E-state index >= 15 is 0 Å². The van der Waals surface area contributed by atoms with E-state index in [0.717, 1.165) is 0 Å². The molecule has 2 N–H and O–H groups in total. The molecule has 4 aromatic heterocycles. The number of rotatable bonds is 4. The van der Waals surface area contributed by atoms with E-state index in [1.54, 1.807) is 23.0 Å². The van der Waals surface area contributed by atoms with Gasteiger partial charge in [-0.2, -0.15) is 23.0 Å². The van der Waals surface area contributed by atoms with Crippen molar-refractivity contribution >= 4 is 32.9 Å². The first kappa shape index (κ1) is 17.3. The zero-order valence-corrected chi connectivity index (χ0v) is 15.4. The Morgan fingerprint density at radius 2 is 1.90 bits per heavy atom. The maximum atomic E-state index is 13.0. The summed E-state index contributed by atoms with van der Waals surface area (Å²) in [5, 5.41) is 9.28. The molecule has 0 bridgehead atoms. The van der Waals surface area contributed by atoms with Crippen molar-refractivity contribution in [3.63, 3.8) is 0 Å². The van der Waals surface area contributed by atoms with Crippen molar-refractivity contribution < 1.29 is 16.7 Å². The van der Waals surface area contributed by atoms with Crippen molar-refractivity contribution in [2.75, 3.05) is 5.73 Å². The molecule has 0 spiro atoms. The highest BCUT2D eigenvalue weighted by Crippen LogP contribution is 2.24. The van der Waals surface area contributed by atoms with Crippen LogP contribution in [0.3, 0.4) is 0 Å². The number of nitrogens with two attached hydrogens (primary N) is 1. The summed E-state index contributed by atoms with van der Waals surface area (Å²) in [6, 6.07) is 8.88. The van der Waals surface area contributed by atoms with Gasteiger partial charge in [-0.1, -0.05) is 12.1 Å². The Kier molecular flexibility index (Phi) is 3.64. The second kappa shape index (κ2) is 6.10. The lowest BCUT2D eigenvalue weighted by molar-refractivity contribution is 0.552. The third kappa shape index (κ3) is 2.89. The Morgan fingerprint density at radius 3 is 2.59 bits per heavy atom. The molecular formula is C17H12FN7O3S. The minimum Gasteiger partial charge on any atom is -0.461 e. The fourth-order valence-corrected chi connectivity index (χ4v) is 3.47. The van der Waals surface area contributed by atoms with Crippen LogP contribution in [0.1, 0.15) is 5.56 Å². The molecule has 0 saturated carbocycles. The molecule has 1 aromatic carbocycles. The van der Waals surface area contributed by atoms with Gasteiger partial charge in [0, 0.05) is 0 Å². The summed E-state index contributed by atoms with van der Waals surface area (Å²) in [6.45, 7) is 0.276. The Morgan fingerprint density at radius 1 is 1.10 bits per heavy atom. The summed E-state index contributed by atoms with van der Waals surface area (Å²) in [4.78, 5) is 8.44. The SMILES string of the molecule is Nc1nc2c(cnn2Cc2ccc(S(=O)(=O)F)cc2)c2nc(-c3ccco3)nn12. The molecule has 4 heterocycles.